The normalized spacial score (nSPS) is 14.8. The second-order valence-electron chi connectivity index (χ2n) is 5.24. The molecule has 1 heterocycles. The summed E-state index contributed by atoms with van der Waals surface area (Å²) in [4.78, 5) is 14.3. The van der Waals surface area contributed by atoms with Crippen molar-refractivity contribution >= 4 is 18.3 Å². The average Bonchev–Trinajstić information content (AvgIpc) is 2.54. The van der Waals surface area contributed by atoms with Gasteiger partial charge in [-0.05, 0) is 18.6 Å². The molecule has 0 aromatic heterocycles. The Morgan fingerprint density at radius 2 is 2.13 bits per heavy atom. The van der Waals surface area contributed by atoms with Crippen LogP contribution in [0.5, 0.6) is 11.5 Å². The van der Waals surface area contributed by atoms with E-state index < -0.39 is 0 Å². The van der Waals surface area contributed by atoms with Gasteiger partial charge in [0, 0.05) is 32.2 Å². The van der Waals surface area contributed by atoms with Crippen LogP contribution in [0.4, 0.5) is 0 Å². The number of aromatic hydroxyl groups is 1. The van der Waals surface area contributed by atoms with Crippen molar-refractivity contribution in [3.63, 3.8) is 0 Å². The van der Waals surface area contributed by atoms with E-state index in [0.29, 0.717) is 18.9 Å². The maximum Gasteiger partial charge on any atom is 0.255 e. The van der Waals surface area contributed by atoms with E-state index in [1.54, 1.807) is 12.1 Å². The summed E-state index contributed by atoms with van der Waals surface area (Å²) >= 11 is 0. The number of benzene rings is 1. The molecule has 1 aliphatic rings. The SMILES string of the molecule is CCCOc1ccc(C(=O)NCCN2CCOCC2)c(O)c1.Cl. The van der Waals surface area contributed by atoms with E-state index in [4.69, 9.17) is 9.47 Å². The number of halogens is 1. The predicted molar refractivity (Wildman–Crippen MR) is 90.7 cm³/mol. The van der Waals surface area contributed by atoms with Crippen LogP contribution in [0.15, 0.2) is 18.2 Å². The van der Waals surface area contributed by atoms with Gasteiger partial charge in [0.05, 0.1) is 25.4 Å². The number of carbonyl (C=O) groups excluding carboxylic acids is 1. The van der Waals surface area contributed by atoms with Gasteiger partial charge in [0.15, 0.2) is 0 Å². The zero-order chi connectivity index (χ0) is 15.8. The third-order valence-electron chi connectivity index (χ3n) is 3.50. The molecule has 1 aromatic carbocycles. The minimum absolute atomic E-state index is 0. The molecule has 0 unspecified atom stereocenters. The summed E-state index contributed by atoms with van der Waals surface area (Å²) in [5.74, 6) is 0.245. The first-order valence-corrected chi connectivity index (χ1v) is 7.75. The quantitative estimate of drug-likeness (QED) is 0.787. The van der Waals surface area contributed by atoms with Crippen molar-refractivity contribution in [2.75, 3.05) is 46.0 Å². The van der Waals surface area contributed by atoms with Gasteiger partial charge < -0.3 is 19.9 Å². The van der Waals surface area contributed by atoms with Crippen LogP contribution in [-0.2, 0) is 4.74 Å². The highest BCUT2D eigenvalue weighted by Gasteiger charge is 2.13. The average molecular weight is 345 g/mol. The minimum atomic E-state index is -0.271. The molecule has 0 spiro atoms. The van der Waals surface area contributed by atoms with Crippen molar-refractivity contribution in [2.45, 2.75) is 13.3 Å². The number of amides is 1. The second kappa shape index (κ2) is 10.3. The van der Waals surface area contributed by atoms with E-state index >= 15 is 0 Å². The minimum Gasteiger partial charge on any atom is -0.507 e. The Hall–Kier alpha value is -1.50. The Bertz CT molecular complexity index is 493. The maximum absolute atomic E-state index is 12.1. The summed E-state index contributed by atoms with van der Waals surface area (Å²) in [5.41, 5.74) is 0.269. The van der Waals surface area contributed by atoms with Crippen molar-refractivity contribution in [3.8, 4) is 11.5 Å². The van der Waals surface area contributed by atoms with Crippen LogP contribution in [0.2, 0.25) is 0 Å². The number of hydrogen-bond acceptors (Lipinski definition) is 5. The highest BCUT2D eigenvalue weighted by atomic mass is 35.5. The van der Waals surface area contributed by atoms with Crippen LogP contribution in [-0.4, -0.2) is 61.9 Å². The summed E-state index contributed by atoms with van der Waals surface area (Å²) < 4.78 is 10.7. The van der Waals surface area contributed by atoms with E-state index in [0.717, 1.165) is 39.3 Å². The van der Waals surface area contributed by atoms with Crippen molar-refractivity contribution < 1.29 is 19.4 Å². The molecule has 0 bridgehead atoms. The maximum atomic E-state index is 12.1. The molecule has 0 saturated carbocycles. The summed E-state index contributed by atoms with van der Waals surface area (Å²) in [6, 6.07) is 4.77. The number of hydrogen-bond donors (Lipinski definition) is 2. The van der Waals surface area contributed by atoms with Gasteiger partial charge in [0.2, 0.25) is 0 Å². The number of morpholine rings is 1. The standard InChI is InChI=1S/C16H24N2O4.ClH/c1-2-9-22-13-3-4-14(15(19)12-13)16(20)17-5-6-18-7-10-21-11-8-18;/h3-4,12,19H,2,5-11H2,1H3,(H,17,20);1H. The van der Waals surface area contributed by atoms with Gasteiger partial charge in [-0.1, -0.05) is 6.92 Å². The highest BCUT2D eigenvalue weighted by molar-refractivity contribution is 5.97. The number of phenols is 1. The molecule has 1 aromatic rings. The third-order valence-corrected chi connectivity index (χ3v) is 3.50. The molecule has 1 saturated heterocycles. The second-order valence-corrected chi connectivity index (χ2v) is 5.24. The van der Waals surface area contributed by atoms with Crippen molar-refractivity contribution in [1.82, 2.24) is 10.2 Å². The molecule has 0 aliphatic carbocycles. The molecule has 23 heavy (non-hydrogen) atoms. The highest BCUT2D eigenvalue weighted by Crippen LogP contribution is 2.23. The lowest BCUT2D eigenvalue weighted by atomic mass is 10.2. The van der Waals surface area contributed by atoms with Gasteiger partial charge in [-0.3, -0.25) is 9.69 Å². The Morgan fingerprint density at radius 3 is 2.78 bits per heavy atom. The number of carbonyl (C=O) groups is 1. The molecule has 6 nitrogen and oxygen atoms in total. The van der Waals surface area contributed by atoms with Crippen LogP contribution in [0.25, 0.3) is 0 Å². The van der Waals surface area contributed by atoms with Crippen molar-refractivity contribution in [2.24, 2.45) is 0 Å². The Labute approximate surface area is 143 Å². The summed E-state index contributed by atoms with van der Waals surface area (Å²) in [6.45, 7) is 7.21. The Morgan fingerprint density at radius 1 is 1.39 bits per heavy atom. The molecule has 2 N–H and O–H groups in total. The van der Waals surface area contributed by atoms with Crippen molar-refractivity contribution in [3.05, 3.63) is 23.8 Å². The lowest BCUT2D eigenvalue weighted by Gasteiger charge is -2.26. The van der Waals surface area contributed by atoms with Gasteiger partial charge in [-0.25, -0.2) is 0 Å². The van der Waals surface area contributed by atoms with Crippen molar-refractivity contribution in [1.29, 1.82) is 0 Å². The molecule has 1 amide bonds. The largest absolute Gasteiger partial charge is 0.507 e. The predicted octanol–water partition coefficient (Wildman–Crippen LogP) is 1.66. The first kappa shape index (κ1) is 19.5. The monoisotopic (exact) mass is 344 g/mol. The number of phenolic OH excluding ortho intramolecular Hbond substituents is 1. The summed E-state index contributed by atoms with van der Waals surface area (Å²) in [7, 11) is 0. The molecule has 0 atom stereocenters. The lowest BCUT2D eigenvalue weighted by Crippen LogP contribution is -2.41. The number of rotatable bonds is 7. The van der Waals surface area contributed by atoms with Crippen LogP contribution in [0.1, 0.15) is 23.7 Å². The first-order valence-electron chi connectivity index (χ1n) is 7.75. The van der Waals surface area contributed by atoms with Gasteiger partial charge in [-0.2, -0.15) is 0 Å². The van der Waals surface area contributed by atoms with Gasteiger partial charge in [0.25, 0.3) is 5.91 Å². The molecule has 0 radical (unpaired) electrons. The molecule has 1 aliphatic heterocycles. The summed E-state index contributed by atoms with van der Waals surface area (Å²) in [6.07, 6.45) is 0.893. The fourth-order valence-corrected chi connectivity index (χ4v) is 2.26. The fraction of sp³-hybridized carbons (Fsp3) is 0.562. The van der Waals surface area contributed by atoms with Crippen LogP contribution >= 0.6 is 12.4 Å². The van der Waals surface area contributed by atoms with E-state index in [1.165, 1.54) is 6.07 Å². The molecule has 130 valence electrons. The Balaban J connectivity index is 0.00000264. The van der Waals surface area contributed by atoms with Gasteiger partial charge in [-0.15, -0.1) is 12.4 Å². The number of nitrogens with zero attached hydrogens (tertiary/aromatic N) is 1. The number of ether oxygens (including phenoxy) is 2. The van der Waals surface area contributed by atoms with Gasteiger partial charge >= 0.3 is 0 Å². The molecular formula is C16H25ClN2O4. The van der Waals surface area contributed by atoms with E-state index in [2.05, 4.69) is 10.2 Å². The molecular weight excluding hydrogens is 320 g/mol. The number of nitrogens with one attached hydrogen (secondary N) is 1. The first-order chi connectivity index (χ1) is 10.7. The zero-order valence-corrected chi connectivity index (χ0v) is 14.2. The third kappa shape index (κ3) is 6.25. The van der Waals surface area contributed by atoms with E-state index in [9.17, 15) is 9.90 Å². The molecule has 1 fully saturated rings. The van der Waals surface area contributed by atoms with E-state index in [-0.39, 0.29) is 29.6 Å². The lowest BCUT2D eigenvalue weighted by molar-refractivity contribution is 0.0383. The zero-order valence-electron chi connectivity index (χ0n) is 13.4. The van der Waals surface area contributed by atoms with E-state index in [1.807, 2.05) is 6.92 Å². The van der Waals surface area contributed by atoms with Gasteiger partial charge in [0.1, 0.15) is 11.5 Å². The van der Waals surface area contributed by atoms with Crippen LogP contribution < -0.4 is 10.1 Å². The fourth-order valence-electron chi connectivity index (χ4n) is 2.26. The van der Waals surface area contributed by atoms with Crippen LogP contribution in [0, 0.1) is 0 Å². The topological polar surface area (TPSA) is 71.0 Å². The van der Waals surface area contributed by atoms with Crippen LogP contribution in [0.3, 0.4) is 0 Å². The molecule has 7 heteroatoms. The molecule has 2 rings (SSSR count). The summed E-state index contributed by atoms with van der Waals surface area (Å²) in [5, 5.41) is 12.8. The smallest absolute Gasteiger partial charge is 0.255 e. The Kier molecular flexibility index (Phi) is 8.76.